The SMILES string of the molecule is Cc1nc2ccc(NC(=O)c3ccccc3OC(F)F)cc2o1. The van der Waals surface area contributed by atoms with Crippen molar-refractivity contribution in [3.8, 4) is 5.75 Å². The Kier molecular flexibility index (Phi) is 3.92. The normalized spacial score (nSPS) is 11.0. The molecule has 0 fully saturated rings. The molecular weight excluding hydrogens is 306 g/mol. The maximum absolute atomic E-state index is 12.4. The summed E-state index contributed by atoms with van der Waals surface area (Å²) in [5.41, 5.74) is 1.67. The standard InChI is InChI=1S/C16H12F2N2O3/c1-9-19-12-7-6-10(8-14(12)22-9)20-15(21)11-4-2-3-5-13(11)23-16(17)18/h2-8,16H,1H3,(H,20,21). The maximum atomic E-state index is 12.4. The number of hydrogen-bond donors (Lipinski definition) is 1. The average molecular weight is 318 g/mol. The lowest BCUT2D eigenvalue weighted by Gasteiger charge is -2.10. The van der Waals surface area contributed by atoms with E-state index in [1.165, 1.54) is 18.2 Å². The highest BCUT2D eigenvalue weighted by molar-refractivity contribution is 6.06. The summed E-state index contributed by atoms with van der Waals surface area (Å²) < 4.78 is 34.5. The molecule has 2 aromatic carbocycles. The first kappa shape index (κ1) is 15.0. The first-order chi connectivity index (χ1) is 11.0. The maximum Gasteiger partial charge on any atom is 0.387 e. The van der Waals surface area contributed by atoms with Crippen molar-refractivity contribution in [3.63, 3.8) is 0 Å². The van der Waals surface area contributed by atoms with Gasteiger partial charge in [-0.1, -0.05) is 12.1 Å². The summed E-state index contributed by atoms with van der Waals surface area (Å²) in [5.74, 6) is -0.229. The number of amides is 1. The van der Waals surface area contributed by atoms with E-state index in [0.717, 1.165) is 0 Å². The molecule has 0 aliphatic rings. The lowest BCUT2D eigenvalue weighted by Crippen LogP contribution is -2.14. The minimum atomic E-state index is -3.00. The number of anilines is 1. The van der Waals surface area contributed by atoms with Gasteiger partial charge in [-0.25, -0.2) is 4.98 Å². The van der Waals surface area contributed by atoms with Crippen LogP contribution in [0.25, 0.3) is 11.1 Å². The van der Waals surface area contributed by atoms with Crippen LogP contribution in [0, 0.1) is 6.92 Å². The van der Waals surface area contributed by atoms with Crippen LogP contribution in [0.5, 0.6) is 5.75 Å². The van der Waals surface area contributed by atoms with Crippen LogP contribution >= 0.6 is 0 Å². The molecule has 7 heteroatoms. The number of ether oxygens (including phenoxy) is 1. The minimum Gasteiger partial charge on any atom is -0.441 e. The molecule has 1 aromatic heterocycles. The topological polar surface area (TPSA) is 64.4 Å². The Labute approximate surface area is 129 Å². The lowest BCUT2D eigenvalue weighted by molar-refractivity contribution is -0.0501. The first-order valence-electron chi connectivity index (χ1n) is 6.75. The highest BCUT2D eigenvalue weighted by Gasteiger charge is 2.16. The number of alkyl halides is 2. The largest absolute Gasteiger partial charge is 0.441 e. The van der Waals surface area contributed by atoms with Crippen molar-refractivity contribution in [3.05, 3.63) is 53.9 Å². The number of carbonyl (C=O) groups excluding carboxylic acids is 1. The third kappa shape index (κ3) is 3.28. The van der Waals surface area contributed by atoms with Crippen LogP contribution in [0.15, 0.2) is 46.9 Å². The molecule has 1 heterocycles. The van der Waals surface area contributed by atoms with Crippen LogP contribution in [0.2, 0.25) is 0 Å². The fourth-order valence-corrected chi connectivity index (χ4v) is 2.17. The predicted octanol–water partition coefficient (Wildman–Crippen LogP) is 3.99. The number of benzene rings is 2. The molecule has 0 radical (unpaired) electrons. The van der Waals surface area contributed by atoms with E-state index in [9.17, 15) is 13.6 Å². The summed E-state index contributed by atoms with van der Waals surface area (Å²) >= 11 is 0. The number of aryl methyl sites for hydroxylation is 1. The second kappa shape index (κ2) is 6.04. The quantitative estimate of drug-likeness (QED) is 0.790. The first-order valence-corrected chi connectivity index (χ1v) is 6.75. The molecule has 0 unspecified atom stereocenters. The molecule has 5 nitrogen and oxygen atoms in total. The van der Waals surface area contributed by atoms with Crippen molar-refractivity contribution in [1.82, 2.24) is 4.98 Å². The Morgan fingerprint density at radius 2 is 2.04 bits per heavy atom. The van der Waals surface area contributed by atoms with Gasteiger partial charge in [0.1, 0.15) is 11.3 Å². The van der Waals surface area contributed by atoms with Gasteiger partial charge in [0.05, 0.1) is 5.56 Å². The van der Waals surface area contributed by atoms with Gasteiger partial charge < -0.3 is 14.5 Å². The molecule has 0 bridgehead atoms. The highest BCUT2D eigenvalue weighted by atomic mass is 19.3. The number of rotatable bonds is 4. The lowest BCUT2D eigenvalue weighted by atomic mass is 10.2. The summed E-state index contributed by atoms with van der Waals surface area (Å²) in [5, 5.41) is 2.62. The Bertz CT molecular complexity index is 861. The van der Waals surface area contributed by atoms with Crippen molar-refractivity contribution in [1.29, 1.82) is 0 Å². The van der Waals surface area contributed by atoms with Gasteiger partial charge in [0.15, 0.2) is 11.5 Å². The van der Waals surface area contributed by atoms with E-state index in [1.807, 2.05) is 0 Å². The van der Waals surface area contributed by atoms with Crippen molar-refractivity contribution in [2.24, 2.45) is 0 Å². The van der Waals surface area contributed by atoms with E-state index in [4.69, 9.17) is 4.42 Å². The number of hydrogen-bond acceptors (Lipinski definition) is 4. The van der Waals surface area contributed by atoms with Crippen molar-refractivity contribution < 1.29 is 22.7 Å². The Morgan fingerprint density at radius 1 is 1.26 bits per heavy atom. The molecule has 0 aliphatic carbocycles. The summed E-state index contributed by atoms with van der Waals surface area (Å²) in [4.78, 5) is 16.4. The van der Waals surface area contributed by atoms with E-state index < -0.39 is 12.5 Å². The molecule has 1 N–H and O–H groups in total. The van der Waals surface area contributed by atoms with Crippen molar-refractivity contribution in [2.45, 2.75) is 13.5 Å². The van der Waals surface area contributed by atoms with Gasteiger partial charge in [-0.3, -0.25) is 4.79 Å². The molecule has 0 saturated carbocycles. The third-order valence-electron chi connectivity index (χ3n) is 3.10. The Balaban J connectivity index is 1.85. The molecule has 23 heavy (non-hydrogen) atoms. The monoisotopic (exact) mass is 318 g/mol. The highest BCUT2D eigenvalue weighted by Crippen LogP contribution is 2.23. The van der Waals surface area contributed by atoms with E-state index in [0.29, 0.717) is 22.7 Å². The van der Waals surface area contributed by atoms with E-state index in [2.05, 4.69) is 15.0 Å². The van der Waals surface area contributed by atoms with Gasteiger partial charge in [0.2, 0.25) is 0 Å². The van der Waals surface area contributed by atoms with E-state index >= 15 is 0 Å². The number of fused-ring (bicyclic) bond motifs is 1. The molecular formula is C16H12F2N2O3. The molecule has 118 valence electrons. The van der Waals surface area contributed by atoms with Crippen molar-refractivity contribution >= 4 is 22.7 Å². The number of nitrogens with one attached hydrogen (secondary N) is 1. The van der Waals surface area contributed by atoms with Crippen LogP contribution in [0.3, 0.4) is 0 Å². The Hall–Kier alpha value is -2.96. The minimum absolute atomic E-state index is 0.0154. The zero-order valence-electron chi connectivity index (χ0n) is 12.0. The molecule has 3 rings (SSSR count). The Morgan fingerprint density at radius 3 is 2.83 bits per heavy atom. The van der Waals surface area contributed by atoms with E-state index in [-0.39, 0.29) is 11.3 Å². The zero-order valence-corrected chi connectivity index (χ0v) is 12.0. The predicted molar refractivity (Wildman–Crippen MR) is 79.8 cm³/mol. The van der Waals surface area contributed by atoms with Crippen LogP contribution in [-0.4, -0.2) is 17.5 Å². The van der Waals surface area contributed by atoms with Gasteiger partial charge in [-0.15, -0.1) is 0 Å². The summed E-state index contributed by atoms with van der Waals surface area (Å²) in [6, 6.07) is 10.8. The number of nitrogens with zero attached hydrogens (tertiary/aromatic N) is 1. The molecule has 0 atom stereocenters. The molecule has 0 spiro atoms. The molecule has 0 aliphatic heterocycles. The van der Waals surface area contributed by atoms with Gasteiger partial charge in [0.25, 0.3) is 5.91 Å². The van der Waals surface area contributed by atoms with Gasteiger partial charge in [-0.05, 0) is 24.3 Å². The second-order valence-corrected chi connectivity index (χ2v) is 4.74. The average Bonchev–Trinajstić information content (AvgIpc) is 2.86. The smallest absolute Gasteiger partial charge is 0.387 e. The number of carbonyl (C=O) groups is 1. The number of halogens is 2. The summed E-state index contributed by atoms with van der Waals surface area (Å²) in [6.45, 7) is -1.28. The third-order valence-corrected chi connectivity index (χ3v) is 3.10. The van der Waals surface area contributed by atoms with E-state index in [1.54, 1.807) is 31.2 Å². The molecule has 3 aromatic rings. The van der Waals surface area contributed by atoms with Gasteiger partial charge in [0, 0.05) is 18.7 Å². The van der Waals surface area contributed by atoms with Crippen LogP contribution in [-0.2, 0) is 0 Å². The van der Waals surface area contributed by atoms with Crippen LogP contribution in [0.4, 0.5) is 14.5 Å². The second-order valence-electron chi connectivity index (χ2n) is 4.74. The number of oxazole rings is 1. The number of aromatic nitrogens is 1. The summed E-state index contributed by atoms with van der Waals surface area (Å²) in [6.07, 6.45) is 0. The van der Waals surface area contributed by atoms with Crippen molar-refractivity contribution in [2.75, 3.05) is 5.32 Å². The summed E-state index contributed by atoms with van der Waals surface area (Å²) in [7, 11) is 0. The molecule has 0 saturated heterocycles. The number of para-hydroxylation sites is 1. The van der Waals surface area contributed by atoms with Gasteiger partial charge in [-0.2, -0.15) is 8.78 Å². The van der Waals surface area contributed by atoms with Gasteiger partial charge >= 0.3 is 6.61 Å². The van der Waals surface area contributed by atoms with Crippen LogP contribution < -0.4 is 10.1 Å². The molecule has 1 amide bonds. The van der Waals surface area contributed by atoms with Crippen LogP contribution in [0.1, 0.15) is 16.2 Å². The fourth-order valence-electron chi connectivity index (χ4n) is 2.17. The fraction of sp³-hybridized carbons (Fsp3) is 0.125. The zero-order chi connectivity index (χ0) is 16.4.